The molecule has 0 radical (unpaired) electrons. The van der Waals surface area contributed by atoms with Crippen LogP contribution in [0.3, 0.4) is 0 Å². The molecule has 1 aromatic carbocycles. The molecule has 4 rings (SSSR count). The predicted octanol–water partition coefficient (Wildman–Crippen LogP) is 2.59. The quantitative estimate of drug-likeness (QED) is 0.815. The molecule has 5 heteroatoms. The number of ether oxygens (including phenoxy) is 2. The van der Waals surface area contributed by atoms with Crippen LogP contribution in [0.1, 0.15) is 42.1 Å². The van der Waals surface area contributed by atoms with Gasteiger partial charge in [-0.15, -0.1) is 0 Å². The van der Waals surface area contributed by atoms with E-state index in [1.807, 2.05) is 18.2 Å². The van der Waals surface area contributed by atoms with Crippen molar-refractivity contribution in [1.29, 1.82) is 0 Å². The van der Waals surface area contributed by atoms with Gasteiger partial charge in [-0.05, 0) is 42.7 Å². The third kappa shape index (κ3) is 4.20. The lowest BCUT2D eigenvalue weighted by Gasteiger charge is -2.39. The molecule has 1 amide bonds. The van der Waals surface area contributed by atoms with Gasteiger partial charge < -0.3 is 14.4 Å². The van der Waals surface area contributed by atoms with Crippen molar-refractivity contribution in [2.45, 2.75) is 38.7 Å². The number of aryl methyl sites for hydroxylation is 1. The molecule has 0 bridgehead atoms. The van der Waals surface area contributed by atoms with Crippen LogP contribution in [-0.4, -0.2) is 74.4 Å². The minimum Gasteiger partial charge on any atom is -0.379 e. The third-order valence-electron chi connectivity index (χ3n) is 6.59. The summed E-state index contributed by atoms with van der Waals surface area (Å²) in [5.74, 6) is 0.200. The Morgan fingerprint density at radius 2 is 1.89 bits per heavy atom. The fraction of sp³-hybridized carbons (Fsp3) is 0.682. The van der Waals surface area contributed by atoms with Crippen molar-refractivity contribution >= 4 is 5.91 Å². The second-order valence-corrected chi connectivity index (χ2v) is 8.35. The van der Waals surface area contributed by atoms with E-state index < -0.39 is 0 Å². The lowest BCUT2D eigenvalue weighted by molar-refractivity contribution is 0.00524. The fourth-order valence-electron chi connectivity index (χ4n) is 4.82. The number of hydrogen-bond acceptors (Lipinski definition) is 4. The van der Waals surface area contributed by atoms with E-state index in [0.29, 0.717) is 6.10 Å². The van der Waals surface area contributed by atoms with Crippen LogP contribution < -0.4 is 0 Å². The molecule has 0 N–H and O–H groups in total. The van der Waals surface area contributed by atoms with E-state index in [1.165, 1.54) is 0 Å². The fourth-order valence-corrected chi connectivity index (χ4v) is 4.82. The van der Waals surface area contributed by atoms with E-state index in [4.69, 9.17) is 9.47 Å². The zero-order valence-electron chi connectivity index (χ0n) is 16.5. The number of amides is 1. The maximum Gasteiger partial charge on any atom is 0.254 e. The highest BCUT2D eigenvalue weighted by Crippen LogP contribution is 2.42. The van der Waals surface area contributed by atoms with E-state index in [2.05, 4.69) is 22.8 Å². The van der Waals surface area contributed by atoms with Crippen LogP contribution in [0.4, 0.5) is 0 Å². The monoisotopic (exact) mass is 372 g/mol. The number of rotatable bonds is 4. The van der Waals surface area contributed by atoms with Crippen LogP contribution >= 0.6 is 0 Å². The van der Waals surface area contributed by atoms with Gasteiger partial charge in [0, 0.05) is 38.3 Å². The van der Waals surface area contributed by atoms with Gasteiger partial charge in [0.1, 0.15) is 0 Å². The van der Waals surface area contributed by atoms with Crippen LogP contribution in [0.15, 0.2) is 24.3 Å². The lowest BCUT2D eigenvalue weighted by atomic mass is 9.76. The van der Waals surface area contributed by atoms with Crippen molar-refractivity contribution in [2.24, 2.45) is 5.41 Å². The van der Waals surface area contributed by atoms with Crippen molar-refractivity contribution in [3.8, 4) is 0 Å². The first-order chi connectivity index (χ1) is 13.2. The van der Waals surface area contributed by atoms with Crippen LogP contribution in [-0.2, 0) is 15.9 Å². The third-order valence-corrected chi connectivity index (χ3v) is 6.59. The Morgan fingerprint density at radius 1 is 1.15 bits per heavy atom. The van der Waals surface area contributed by atoms with Gasteiger partial charge in [-0.1, -0.05) is 25.1 Å². The first kappa shape index (κ1) is 18.9. The van der Waals surface area contributed by atoms with Crippen LogP contribution in [0, 0.1) is 5.41 Å². The van der Waals surface area contributed by atoms with Gasteiger partial charge in [-0.3, -0.25) is 9.69 Å². The largest absolute Gasteiger partial charge is 0.379 e. The van der Waals surface area contributed by atoms with Gasteiger partial charge in [0.25, 0.3) is 5.91 Å². The van der Waals surface area contributed by atoms with Gasteiger partial charge >= 0.3 is 0 Å². The topological polar surface area (TPSA) is 42.0 Å². The van der Waals surface area contributed by atoms with Crippen molar-refractivity contribution < 1.29 is 14.3 Å². The molecule has 1 unspecified atom stereocenters. The average molecular weight is 373 g/mol. The summed E-state index contributed by atoms with van der Waals surface area (Å²) < 4.78 is 11.6. The maximum atomic E-state index is 13.0. The highest BCUT2D eigenvalue weighted by atomic mass is 16.5. The van der Waals surface area contributed by atoms with Crippen LogP contribution in [0.25, 0.3) is 0 Å². The Labute approximate surface area is 162 Å². The average Bonchev–Trinajstić information content (AvgIpc) is 3.10. The highest BCUT2D eigenvalue weighted by molar-refractivity contribution is 5.95. The molecule has 3 fully saturated rings. The van der Waals surface area contributed by atoms with Gasteiger partial charge in [-0.2, -0.15) is 0 Å². The Bertz CT molecular complexity index is 649. The number of carbonyl (C=O) groups excluding carboxylic acids is 1. The molecule has 27 heavy (non-hydrogen) atoms. The minimum absolute atomic E-state index is 0.200. The number of morpholine rings is 1. The number of benzene rings is 1. The molecule has 0 saturated carbocycles. The van der Waals surface area contributed by atoms with Gasteiger partial charge in [0.2, 0.25) is 0 Å². The maximum absolute atomic E-state index is 13.0. The summed E-state index contributed by atoms with van der Waals surface area (Å²) in [4.78, 5) is 17.5. The zero-order valence-corrected chi connectivity index (χ0v) is 16.5. The second-order valence-electron chi connectivity index (χ2n) is 8.35. The van der Waals surface area contributed by atoms with Crippen molar-refractivity contribution in [3.05, 3.63) is 35.4 Å². The zero-order chi connectivity index (χ0) is 18.7. The predicted molar refractivity (Wildman–Crippen MR) is 105 cm³/mol. The molecule has 3 aliphatic rings. The molecule has 5 nitrogen and oxygen atoms in total. The first-order valence-electron chi connectivity index (χ1n) is 10.5. The Morgan fingerprint density at radius 3 is 2.63 bits per heavy atom. The summed E-state index contributed by atoms with van der Waals surface area (Å²) in [6, 6.07) is 8.03. The van der Waals surface area contributed by atoms with Crippen LogP contribution in [0.2, 0.25) is 0 Å². The number of likely N-dealkylation sites (tertiary alicyclic amines) is 1. The number of piperidine rings is 1. The summed E-state index contributed by atoms with van der Waals surface area (Å²) in [6.45, 7) is 9.42. The number of carbonyl (C=O) groups is 1. The molecule has 1 aromatic rings. The molecule has 0 aliphatic carbocycles. The molecule has 1 spiro atoms. The van der Waals surface area contributed by atoms with E-state index in [9.17, 15) is 4.79 Å². The minimum atomic E-state index is 0.200. The molecule has 0 aromatic heterocycles. The first-order valence-corrected chi connectivity index (χ1v) is 10.5. The molecule has 3 saturated heterocycles. The smallest absolute Gasteiger partial charge is 0.254 e. The second kappa shape index (κ2) is 8.29. The molecule has 148 valence electrons. The summed E-state index contributed by atoms with van der Waals surface area (Å²) in [7, 11) is 0. The summed E-state index contributed by atoms with van der Waals surface area (Å²) in [6.07, 6.45) is 4.50. The van der Waals surface area contributed by atoms with Crippen molar-refractivity contribution in [2.75, 3.05) is 52.5 Å². The summed E-state index contributed by atoms with van der Waals surface area (Å²) in [5, 5.41) is 0. The van der Waals surface area contributed by atoms with Gasteiger partial charge in [0.15, 0.2) is 0 Å². The van der Waals surface area contributed by atoms with Gasteiger partial charge in [-0.25, -0.2) is 0 Å². The van der Waals surface area contributed by atoms with Crippen molar-refractivity contribution in [1.82, 2.24) is 9.80 Å². The summed E-state index contributed by atoms with van der Waals surface area (Å²) >= 11 is 0. The van der Waals surface area contributed by atoms with Crippen LogP contribution in [0.5, 0.6) is 0 Å². The number of hydrogen-bond donors (Lipinski definition) is 0. The van der Waals surface area contributed by atoms with Gasteiger partial charge in [0.05, 0.1) is 25.9 Å². The standard InChI is InChI=1S/C22H32N2O3/c1-2-18-5-3-4-6-20(18)21(25)24-9-7-22(8-10-24)15-19(27-17-22)16-23-11-13-26-14-12-23/h3-6,19H,2,7-17H2,1H3. The van der Waals surface area contributed by atoms with E-state index in [-0.39, 0.29) is 11.3 Å². The highest BCUT2D eigenvalue weighted by Gasteiger charge is 2.43. The SMILES string of the molecule is CCc1ccccc1C(=O)N1CCC2(CC1)COC(CN1CCOCC1)C2. The van der Waals surface area contributed by atoms with E-state index in [1.54, 1.807) is 0 Å². The Balaban J connectivity index is 1.31. The molecule has 1 atom stereocenters. The molecule has 3 heterocycles. The van der Waals surface area contributed by atoms with E-state index >= 15 is 0 Å². The lowest BCUT2D eigenvalue weighted by Crippen LogP contribution is -2.44. The normalized spacial score (nSPS) is 25.8. The molecule has 3 aliphatic heterocycles. The summed E-state index contributed by atoms with van der Waals surface area (Å²) in [5.41, 5.74) is 2.30. The number of nitrogens with zero attached hydrogens (tertiary/aromatic N) is 2. The Kier molecular flexibility index (Phi) is 5.81. The Hall–Kier alpha value is -1.43. The van der Waals surface area contributed by atoms with Crippen molar-refractivity contribution in [3.63, 3.8) is 0 Å². The van der Waals surface area contributed by atoms with E-state index in [0.717, 1.165) is 89.4 Å². The molecular formula is C22H32N2O3. The molecular weight excluding hydrogens is 340 g/mol.